The van der Waals surface area contributed by atoms with Crippen LogP contribution in [0.5, 0.6) is 0 Å². The van der Waals surface area contributed by atoms with E-state index in [9.17, 15) is 0 Å². The number of hydrogen-bond donors (Lipinski definition) is 1. The van der Waals surface area contributed by atoms with Gasteiger partial charge >= 0.3 is 0 Å². The number of benzene rings is 1. The molecular formula is C11H13ClO. The van der Waals surface area contributed by atoms with Crippen LogP contribution in [0, 0.1) is 5.92 Å². The smallest absolute Gasteiger partial charge is 0.0496 e. The predicted octanol–water partition coefficient (Wildman–Crippen LogP) is 2.68. The molecule has 1 nitrogen and oxygen atoms in total. The average molecular weight is 197 g/mol. The Morgan fingerprint density at radius 1 is 1.38 bits per heavy atom. The van der Waals surface area contributed by atoms with Crippen molar-refractivity contribution in [2.75, 3.05) is 6.61 Å². The van der Waals surface area contributed by atoms with Gasteiger partial charge in [0.25, 0.3) is 0 Å². The summed E-state index contributed by atoms with van der Waals surface area (Å²) in [5.41, 5.74) is 1.17. The standard InChI is InChI=1S/C11H13ClO/c1-2-9(8-13)7-10-3-5-11(12)6-4-10/h2-6,9,13H,1,7-8H2/t9-/m0/s1. The molecule has 13 heavy (non-hydrogen) atoms. The van der Waals surface area contributed by atoms with Crippen LogP contribution in [0.25, 0.3) is 0 Å². The van der Waals surface area contributed by atoms with Gasteiger partial charge in [-0.15, -0.1) is 6.58 Å². The summed E-state index contributed by atoms with van der Waals surface area (Å²) in [6.45, 7) is 3.80. The second-order valence-electron chi connectivity index (χ2n) is 3.01. The Bertz CT molecular complexity index is 266. The first-order valence-corrected chi connectivity index (χ1v) is 4.62. The maximum atomic E-state index is 8.94. The van der Waals surface area contributed by atoms with Crippen molar-refractivity contribution in [1.82, 2.24) is 0 Å². The van der Waals surface area contributed by atoms with Crippen molar-refractivity contribution in [1.29, 1.82) is 0 Å². The summed E-state index contributed by atoms with van der Waals surface area (Å²) in [5, 5.41) is 9.68. The van der Waals surface area contributed by atoms with Crippen LogP contribution in [0.2, 0.25) is 5.02 Å². The molecule has 2 heteroatoms. The van der Waals surface area contributed by atoms with E-state index >= 15 is 0 Å². The van der Waals surface area contributed by atoms with Crippen LogP contribution in [0.1, 0.15) is 5.56 Å². The fourth-order valence-electron chi connectivity index (χ4n) is 1.15. The van der Waals surface area contributed by atoms with Gasteiger partial charge in [0.05, 0.1) is 0 Å². The molecule has 1 aromatic rings. The zero-order valence-electron chi connectivity index (χ0n) is 7.41. The van der Waals surface area contributed by atoms with Crippen molar-refractivity contribution < 1.29 is 5.11 Å². The van der Waals surface area contributed by atoms with Crippen LogP contribution in [0.3, 0.4) is 0 Å². The van der Waals surface area contributed by atoms with Gasteiger partial charge in [-0.2, -0.15) is 0 Å². The van der Waals surface area contributed by atoms with Gasteiger partial charge in [0.1, 0.15) is 0 Å². The fourth-order valence-corrected chi connectivity index (χ4v) is 1.27. The lowest BCUT2D eigenvalue weighted by molar-refractivity contribution is 0.252. The van der Waals surface area contributed by atoms with Crippen molar-refractivity contribution in [2.45, 2.75) is 6.42 Å². The van der Waals surface area contributed by atoms with Crippen molar-refractivity contribution in [3.63, 3.8) is 0 Å². The van der Waals surface area contributed by atoms with Crippen molar-refractivity contribution in [3.05, 3.63) is 47.5 Å². The lowest BCUT2D eigenvalue weighted by Crippen LogP contribution is -2.05. The zero-order valence-corrected chi connectivity index (χ0v) is 8.17. The highest BCUT2D eigenvalue weighted by Gasteiger charge is 2.03. The second-order valence-corrected chi connectivity index (χ2v) is 3.45. The van der Waals surface area contributed by atoms with Gasteiger partial charge in [-0.25, -0.2) is 0 Å². The maximum absolute atomic E-state index is 8.94. The molecule has 70 valence electrons. The Morgan fingerprint density at radius 3 is 2.46 bits per heavy atom. The number of aliphatic hydroxyl groups excluding tert-OH is 1. The van der Waals surface area contributed by atoms with E-state index in [1.807, 2.05) is 24.3 Å². The van der Waals surface area contributed by atoms with E-state index < -0.39 is 0 Å². The number of rotatable bonds is 4. The van der Waals surface area contributed by atoms with Gasteiger partial charge in [0, 0.05) is 17.5 Å². The minimum atomic E-state index is 0.140. The molecule has 0 radical (unpaired) electrons. The molecule has 0 aliphatic heterocycles. The Hall–Kier alpha value is -0.790. The monoisotopic (exact) mass is 196 g/mol. The lowest BCUT2D eigenvalue weighted by atomic mass is 10.0. The molecule has 0 heterocycles. The number of aliphatic hydroxyl groups is 1. The van der Waals surface area contributed by atoms with Gasteiger partial charge < -0.3 is 5.11 Å². The van der Waals surface area contributed by atoms with Gasteiger partial charge in [0.15, 0.2) is 0 Å². The van der Waals surface area contributed by atoms with Gasteiger partial charge in [-0.1, -0.05) is 29.8 Å². The van der Waals surface area contributed by atoms with Crippen LogP contribution >= 0.6 is 11.6 Å². The molecule has 0 saturated heterocycles. The van der Waals surface area contributed by atoms with Gasteiger partial charge in [-0.05, 0) is 24.1 Å². The molecule has 0 aromatic heterocycles. The van der Waals surface area contributed by atoms with Crippen LogP contribution in [0.15, 0.2) is 36.9 Å². The van der Waals surface area contributed by atoms with Crippen molar-refractivity contribution >= 4 is 11.6 Å². The largest absolute Gasteiger partial charge is 0.396 e. The third-order valence-electron chi connectivity index (χ3n) is 1.98. The molecule has 0 saturated carbocycles. The molecule has 0 amide bonds. The lowest BCUT2D eigenvalue weighted by Gasteiger charge is -2.08. The molecular weight excluding hydrogens is 184 g/mol. The summed E-state index contributed by atoms with van der Waals surface area (Å²) < 4.78 is 0. The fraction of sp³-hybridized carbons (Fsp3) is 0.273. The third kappa shape index (κ3) is 3.21. The molecule has 1 aromatic carbocycles. The molecule has 0 unspecified atom stereocenters. The van der Waals surface area contributed by atoms with Crippen LogP contribution in [-0.2, 0) is 6.42 Å². The Morgan fingerprint density at radius 2 is 2.00 bits per heavy atom. The Labute approximate surface area is 83.7 Å². The molecule has 0 spiro atoms. The topological polar surface area (TPSA) is 20.2 Å². The van der Waals surface area contributed by atoms with E-state index in [4.69, 9.17) is 16.7 Å². The van der Waals surface area contributed by atoms with E-state index in [-0.39, 0.29) is 12.5 Å². The van der Waals surface area contributed by atoms with E-state index in [0.29, 0.717) is 0 Å². The summed E-state index contributed by atoms with van der Waals surface area (Å²) in [7, 11) is 0. The summed E-state index contributed by atoms with van der Waals surface area (Å²) in [5.74, 6) is 0.140. The van der Waals surface area contributed by atoms with Crippen LogP contribution < -0.4 is 0 Å². The summed E-state index contributed by atoms with van der Waals surface area (Å²) in [4.78, 5) is 0. The minimum absolute atomic E-state index is 0.140. The van der Waals surface area contributed by atoms with E-state index in [1.54, 1.807) is 6.08 Å². The first-order chi connectivity index (χ1) is 6.26. The molecule has 0 aliphatic rings. The molecule has 1 rings (SSSR count). The normalized spacial score (nSPS) is 12.5. The van der Waals surface area contributed by atoms with Crippen LogP contribution in [-0.4, -0.2) is 11.7 Å². The minimum Gasteiger partial charge on any atom is -0.396 e. The van der Waals surface area contributed by atoms with E-state index in [0.717, 1.165) is 11.4 Å². The molecule has 1 N–H and O–H groups in total. The Kier molecular flexibility index (Phi) is 4.00. The molecule has 1 atom stereocenters. The van der Waals surface area contributed by atoms with E-state index in [1.165, 1.54) is 5.56 Å². The molecule has 0 fully saturated rings. The molecule has 0 bridgehead atoms. The summed E-state index contributed by atoms with van der Waals surface area (Å²) >= 11 is 5.75. The first kappa shape index (κ1) is 10.3. The second kappa shape index (κ2) is 5.05. The van der Waals surface area contributed by atoms with Crippen molar-refractivity contribution in [3.8, 4) is 0 Å². The van der Waals surface area contributed by atoms with Crippen LogP contribution in [0.4, 0.5) is 0 Å². The highest BCUT2D eigenvalue weighted by molar-refractivity contribution is 6.30. The highest BCUT2D eigenvalue weighted by Crippen LogP contribution is 2.13. The van der Waals surface area contributed by atoms with Gasteiger partial charge in [0.2, 0.25) is 0 Å². The number of halogens is 1. The zero-order chi connectivity index (χ0) is 9.68. The van der Waals surface area contributed by atoms with E-state index in [2.05, 4.69) is 6.58 Å². The maximum Gasteiger partial charge on any atom is 0.0496 e. The molecule has 0 aliphatic carbocycles. The highest BCUT2D eigenvalue weighted by atomic mass is 35.5. The van der Waals surface area contributed by atoms with Gasteiger partial charge in [-0.3, -0.25) is 0 Å². The third-order valence-corrected chi connectivity index (χ3v) is 2.23. The predicted molar refractivity (Wildman–Crippen MR) is 55.9 cm³/mol. The first-order valence-electron chi connectivity index (χ1n) is 4.24. The quantitative estimate of drug-likeness (QED) is 0.735. The SMILES string of the molecule is C=C[C@H](CO)Cc1ccc(Cl)cc1. The van der Waals surface area contributed by atoms with Crippen molar-refractivity contribution in [2.24, 2.45) is 5.92 Å². The number of hydrogen-bond acceptors (Lipinski definition) is 1. The summed E-state index contributed by atoms with van der Waals surface area (Å²) in [6, 6.07) is 7.64. The summed E-state index contributed by atoms with van der Waals surface area (Å²) in [6.07, 6.45) is 2.59. The average Bonchev–Trinajstić information content (AvgIpc) is 2.17. The Balaban J connectivity index is 2.63.